The van der Waals surface area contributed by atoms with Crippen molar-refractivity contribution in [3.05, 3.63) is 45.8 Å². The normalized spacial score (nSPS) is 13.3. The van der Waals surface area contributed by atoms with E-state index in [1.54, 1.807) is 0 Å². The van der Waals surface area contributed by atoms with Gasteiger partial charge in [-0.25, -0.2) is 0 Å². The first-order valence-electron chi connectivity index (χ1n) is 7.81. The predicted octanol–water partition coefficient (Wildman–Crippen LogP) is 1.15. The van der Waals surface area contributed by atoms with Crippen molar-refractivity contribution in [2.75, 3.05) is 5.75 Å². The van der Waals surface area contributed by atoms with E-state index in [1.807, 2.05) is 11.6 Å². The van der Waals surface area contributed by atoms with Crippen molar-refractivity contribution in [2.45, 2.75) is 23.9 Å². The summed E-state index contributed by atoms with van der Waals surface area (Å²) in [7, 11) is 1.87. The highest BCUT2D eigenvalue weighted by atomic mass is 32.2. The van der Waals surface area contributed by atoms with E-state index in [-0.39, 0.29) is 17.0 Å². The van der Waals surface area contributed by atoms with E-state index < -0.39 is 16.7 Å². The second-order valence-electron chi connectivity index (χ2n) is 5.77. The standard InChI is InChI=1S/C15H16N6O4S/c1-20-13(9-2-3-9)17-19-15(20)26-8-12(22)16-18-14(23)10-4-6-11(7-5-10)21(24)25/h4-7,9H,2-3,8H2,1H3,(H,16,22)(H,18,23). The van der Waals surface area contributed by atoms with Crippen LogP contribution in [0, 0.1) is 10.1 Å². The van der Waals surface area contributed by atoms with Crippen LogP contribution in [0.3, 0.4) is 0 Å². The molecule has 2 N–H and O–H groups in total. The molecule has 2 amide bonds. The number of nitro benzene ring substituents is 1. The van der Waals surface area contributed by atoms with Crippen LogP contribution in [-0.4, -0.2) is 37.3 Å². The van der Waals surface area contributed by atoms with E-state index >= 15 is 0 Å². The lowest BCUT2D eigenvalue weighted by Crippen LogP contribution is -2.42. The quantitative estimate of drug-likeness (QED) is 0.439. The van der Waals surface area contributed by atoms with Gasteiger partial charge in [0.15, 0.2) is 5.16 Å². The Labute approximate surface area is 152 Å². The van der Waals surface area contributed by atoms with Gasteiger partial charge in [0.25, 0.3) is 11.6 Å². The Hall–Kier alpha value is -2.95. The van der Waals surface area contributed by atoms with Crippen molar-refractivity contribution in [1.82, 2.24) is 25.6 Å². The number of nitrogens with one attached hydrogen (secondary N) is 2. The molecule has 1 aromatic carbocycles. The Balaban J connectivity index is 1.46. The third-order valence-corrected chi connectivity index (χ3v) is 4.82. The van der Waals surface area contributed by atoms with Crippen LogP contribution in [0.5, 0.6) is 0 Å². The van der Waals surface area contributed by atoms with E-state index in [2.05, 4.69) is 21.0 Å². The smallest absolute Gasteiger partial charge is 0.269 e. The first kappa shape index (κ1) is 17.9. The van der Waals surface area contributed by atoms with Gasteiger partial charge in [0.2, 0.25) is 5.91 Å². The fourth-order valence-electron chi connectivity index (χ4n) is 2.25. The molecule has 10 nitrogen and oxygen atoms in total. The zero-order valence-corrected chi connectivity index (χ0v) is 14.7. The number of rotatable bonds is 6. The lowest BCUT2D eigenvalue weighted by Gasteiger charge is -2.07. The van der Waals surface area contributed by atoms with Gasteiger partial charge in [0.05, 0.1) is 10.7 Å². The molecule has 1 aliphatic carbocycles. The molecule has 26 heavy (non-hydrogen) atoms. The maximum atomic E-state index is 11.9. The van der Waals surface area contributed by atoms with Crippen molar-refractivity contribution < 1.29 is 14.5 Å². The van der Waals surface area contributed by atoms with E-state index in [4.69, 9.17) is 0 Å². The van der Waals surface area contributed by atoms with E-state index in [1.165, 1.54) is 36.0 Å². The van der Waals surface area contributed by atoms with Crippen molar-refractivity contribution in [3.63, 3.8) is 0 Å². The SMILES string of the molecule is Cn1c(SCC(=O)NNC(=O)c2ccc([N+](=O)[O-])cc2)nnc1C1CC1. The Morgan fingerprint density at radius 1 is 1.27 bits per heavy atom. The van der Waals surface area contributed by atoms with Gasteiger partial charge >= 0.3 is 0 Å². The molecule has 0 bridgehead atoms. The monoisotopic (exact) mass is 376 g/mol. The summed E-state index contributed by atoms with van der Waals surface area (Å²) in [5.74, 6) is 0.502. The molecule has 3 rings (SSSR count). The number of hydrazine groups is 1. The number of thioether (sulfide) groups is 1. The summed E-state index contributed by atoms with van der Waals surface area (Å²) in [5, 5.41) is 19.4. The number of nitrogens with zero attached hydrogens (tertiary/aromatic N) is 4. The minimum atomic E-state index is -0.562. The number of carbonyl (C=O) groups excluding carboxylic acids is 2. The topological polar surface area (TPSA) is 132 Å². The van der Waals surface area contributed by atoms with Gasteiger partial charge in [-0.3, -0.25) is 30.6 Å². The highest BCUT2D eigenvalue weighted by Gasteiger charge is 2.29. The molecular weight excluding hydrogens is 360 g/mol. The lowest BCUT2D eigenvalue weighted by molar-refractivity contribution is -0.384. The highest BCUT2D eigenvalue weighted by molar-refractivity contribution is 7.99. The maximum Gasteiger partial charge on any atom is 0.269 e. The van der Waals surface area contributed by atoms with Crippen LogP contribution in [0.25, 0.3) is 0 Å². The van der Waals surface area contributed by atoms with Gasteiger partial charge in [-0.2, -0.15) is 0 Å². The van der Waals surface area contributed by atoms with Gasteiger partial charge in [0.1, 0.15) is 5.82 Å². The number of non-ortho nitro benzene ring substituents is 1. The summed E-state index contributed by atoms with van der Waals surface area (Å²) >= 11 is 1.22. The summed E-state index contributed by atoms with van der Waals surface area (Å²) < 4.78 is 1.88. The second kappa shape index (κ2) is 7.52. The van der Waals surface area contributed by atoms with Gasteiger partial charge in [0, 0.05) is 30.7 Å². The van der Waals surface area contributed by atoms with Gasteiger partial charge in [-0.05, 0) is 25.0 Å². The molecule has 1 aliphatic rings. The zero-order chi connectivity index (χ0) is 18.7. The predicted molar refractivity (Wildman–Crippen MR) is 92.4 cm³/mol. The molecule has 0 unspecified atom stereocenters. The van der Waals surface area contributed by atoms with Gasteiger partial charge < -0.3 is 4.57 Å². The average Bonchev–Trinajstić information content (AvgIpc) is 3.41. The van der Waals surface area contributed by atoms with E-state index in [0.29, 0.717) is 11.1 Å². The molecule has 11 heteroatoms. The molecule has 1 fully saturated rings. The third-order valence-electron chi connectivity index (χ3n) is 3.80. The molecule has 0 saturated heterocycles. The summed E-state index contributed by atoms with van der Waals surface area (Å²) in [6.45, 7) is 0. The highest BCUT2D eigenvalue weighted by Crippen LogP contribution is 2.39. The number of nitro groups is 1. The minimum Gasteiger partial charge on any atom is -0.309 e. The zero-order valence-electron chi connectivity index (χ0n) is 13.8. The van der Waals surface area contributed by atoms with Gasteiger partial charge in [-0.1, -0.05) is 11.8 Å². The molecule has 0 atom stereocenters. The Morgan fingerprint density at radius 2 is 1.96 bits per heavy atom. The summed E-state index contributed by atoms with van der Waals surface area (Å²) in [5.41, 5.74) is 4.65. The summed E-state index contributed by atoms with van der Waals surface area (Å²) in [6.07, 6.45) is 2.23. The van der Waals surface area contributed by atoms with Gasteiger partial charge in [-0.15, -0.1) is 10.2 Å². The Morgan fingerprint density at radius 3 is 2.58 bits per heavy atom. The summed E-state index contributed by atoms with van der Waals surface area (Å²) in [6, 6.07) is 5.07. The summed E-state index contributed by atoms with van der Waals surface area (Å²) in [4.78, 5) is 33.8. The minimum absolute atomic E-state index is 0.0666. The second-order valence-corrected chi connectivity index (χ2v) is 6.71. The molecular formula is C15H16N6O4S. The number of carbonyl (C=O) groups is 2. The number of aromatic nitrogens is 3. The fourth-order valence-corrected chi connectivity index (χ4v) is 2.97. The molecule has 0 spiro atoms. The first-order valence-corrected chi connectivity index (χ1v) is 8.80. The van der Waals surface area contributed by atoms with E-state index in [0.717, 1.165) is 18.7 Å². The Kier molecular flexibility index (Phi) is 5.16. The number of benzene rings is 1. The molecule has 0 radical (unpaired) electrons. The molecule has 1 saturated carbocycles. The Bertz CT molecular complexity index is 846. The van der Waals surface area contributed by atoms with Crippen LogP contribution in [0.4, 0.5) is 5.69 Å². The molecule has 1 aromatic heterocycles. The van der Waals surface area contributed by atoms with Crippen LogP contribution in [-0.2, 0) is 11.8 Å². The van der Waals surface area contributed by atoms with E-state index in [9.17, 15) is 19.7 Å². The first-order chi connectivity index (χ1) is 12.5. The number of hydrogen-bond donors (Lipinski definition) is 2. The van der Waals surface area contributed by atoms with Crippen LogP contribution in [0.1, 0.15) is 34.9 Å². The molecule has 136 valence electrons. The van der Waals surface area contributed by atoms with Crippen molar-refractivity contribution in [2.24, 2.45) is 7.05 Å². The molecule has 0 aliphatic heterocycles. The maximum absolute atomic E-state index is 11.9. The largest absolute Gasteiger partial charge is 0.309 e. The van der Waals surface area contributed by atoms with Crippen LogP contribution >= 0.6 is 11.8 Å². The van der Waals surface area contributed by atoms with Crippen LogP contribution in [0.15, 0.2) is 29.4 Å². The fraction of sp³-hybridized carbons (Fsp3) is 0.333. The molecule has 1 heterocycles. The lowest BCUT2D eigenvalue weighted by atomic mass is 10.2. The number of amides is 2. The average molecular weight is 376 g/mol. The number of hydrogen-bond acceptors (Lipinski definition) is 7. The third kappa shape index (κ3) is 4.17. The molecule has 2 aromatic rings. The van der Waals surface area contributed by atoms with Crippen LogP contribution in [0.2, 0.25) is 0 Å². The van der Waals surface area contributed by atoms with Crippen LogP contribution < -0.4 is 10.9 Å². The van der Waals surface area contributed by atoms with Crippen molar-refractivity contribution >= 4 is 29.3 Å². The van der Waals surface area contributed by atoms with Crippen molar-refractivity contribution in [3.8, 4) is 0 Å². The van der Waals surface area contributed by atoms with Crippen molar-refractivity contribution in [1.29, 1.82) is 0 Å².